The van der Waals surface area contributed by atoms with Crippen molar-refractivity contribution in [3.8, 4) is 5.75 Å². The number of methoxy groups -OCH3 is 1. The minimum Gasteiger partial charge on any atom is -0.497 e. The number of hydrogen-bond donors (Lipinski definition) is 3. The highest BCUT2D eigenvalue weighted by Gasteiger charge is 2.09. The first-order chi connectivity index (χ1) is 13.0. The summed E-state index contributed by atoms with van der Waals surface area (Å²) in [6.45, 7) is 2.49. The van der Waals surface area contributed by atoms with Gasteiger partial charge in [-0.1, -0.05) is 13.0 Å². The Morgan fingerprint density at radius 3 is 2.26 bits per heavy atom. The third-order valence-electron chi connectivity index (χ3n) is 3.79. The van der Waals surface area contributed by atoms with E-state index in [-0.39, 0.29) is 17.7 Å². The van der Waals surface area contributed by atoms with E-state index in [4.69, 9.17) is 4.74 Å². The number of ether oxygens (including phenoxy) is 1. The topological polar surface area (TPSA) is 96.5 Å². The number of carbonyl (C=O) groups is 3. The molecule has 3 N–H and O–H groups in total. The Hall–Kier alpha value is -3.35. The standard InChI is InChI=1S/C20H23N3O4/c1-3-18(24)21-11-12-22-19(25)14-7-9-16(10-8-14)23-20(26)15-5-4-6-17(13-15)27-2/h4-10,13H,3,11-12H2,1-2H3,(H,21,24)(H,22,25)(H,23,26). The molecule has 0 heterocycles. The third-order valence-corrected chi connectivity index (χ3v) is 3.79. The Balaban J connectivity index is 1.87. The average Bonchev–Trinajstić information content (AvgIpc) is 2.71. The van der Waals surface area contributed by atoms with Crippen molar-refractivity contribution in [2.45, 2.75) is 13.3 Å². The third kappa shape index (κ3) is 6.14. The lowest BCUT2D eigenvalue weighted by molar-refractivity contribution is -0.120. The summed E-state index contributed by atoms with van der Waals surface area (Å²) in [7, 11) is 1.54. The largest absolute Gasteiger partial charge is 0.497 e. The van der Waals surface area contributed by atoms with Gasteiger partial charge in [-0.15, -0.1) is 0 Å². The van der Waals surface area contributed by atoms with E-state index in [1.54, 1.807) is 62.6 Å². The summed E-state index contributed by atoms with van der Waals surface area (Å²) < 4.78 is 5.11. The predicted octanol–water partition coefficient (Wildman–Crippen LogP) is 2.20. The zero-order valence-corrected chi connectivity index (χ0v) is 15.4. The van der Waals surface area contributed by atoms with Crippen LogP contribution in [-0.4, -0.2) is 37.9 Å². The molecule has 0 bridgehead atoms. The minimum absolute atomic E-state index is 0.0552. The molecule has 27 heavy (non-hydrogen) atoms. The zero-order chi connectivity index (χ0) is 19.6. The fourth-order valence-corrected chi connectivity index (χ4v) is 2.28. The summed E-state index contributed by atoms with van der Waals surface area (Å²) in [5.74, 6) is 0.0364. The van der Waals surface area contributed by atoms with Gasteiger partial charge in [-0.05, 0) is 42.5 Å². The summed E-state index contributed by atoms with van der Waals surface area (Å²) in [5, 5.41) is 8.18. The van der Waals surface area contributed by atoms with Gasteiger partial charge in [0.05, 0.1) is 7.11 Å². The van der Waals surface area contributed by atoms with Crippen molar-refractivity contribution in [3.05, 3.63) is 59.7 Å². The highest BCUT2D eigenvalue weighted by molar-refractivity contribution is 6.04. The molecule has 2 rings (SSSR count). The predicted molar refractivity (Wildman–Crippen MR) is 103 cm³/mol. The van der Waals surface area contributed by atoms with Crippen LogP contribution in [0.25, 0.3) is 0 Å². The van der Waals surface area contributed by atoms with Gasteiger partial charge in [0.25, 0.3) is 11.8 Å². The smallest absolute Gasteiger partial charge is 0.255 e. The molecule has 0 aliphatic rings. The van der Waals surface area contributed by atoms with Crippen LogP contribution < -0.4 is 20.7 Å². The van der Waals surface area contributed by atoms with Crippen molar-refractivity contribution < 1.29 is 19.1 Å². The molecule has 0 aliphatic heterocycles. The molecule has 7 nitrogen and oxygen atoms in total. The maximum absolute atomic E-state index is 12.3. The molecule has 0 atom stereocenters. The van der Waals surface area contributed by atoms with Crippen LogP contribution in [0.2, 0.25) is 0 Å². The second-order valence-electron chi connectivity index (χ2n) is 5.72. The molecule has 0 aliphatic carbocycles. The first-order valence-corrected chi connectivity index (χ1v) is 8.64. The Kier molecular flexibility index (Phi) is 7.37. The molecule has 142 valence electrons. The summed E-state index contributed by atoms with van der Waals surface area (Å²) in [6.07, 6.45) is 0.414. The Morgan fingerprint density at radius 1 is 0.889 bits per heavy atom. The van der Waals surface area contributed by atoms with Crippen molar-refractivity contribution in [3.63, 3.8) is 0 Å². The van der Waals surface area contributed by atoms with E-state index in [0.29, 0.717) is 42.1 Å². The van der Waals surface area contributed by atoms with E-state index < -0.39 is 0 Å². The molecule has 0 radical (unpaired) electrons. The fourth-order valence-electron chi connectivity index (χ4n) is 2.28. The second kappa shape index (κ2) is 9.96. The molecule has 2 aromatic rings. The van der Waals surface area contributed by atoms with E-state index in [9.17, 15) is 14.4 Å². The molecule has 0 fully saturated rings. The van der Waals surface area contributed by atoms with Crippen LogP contribution in [0.15, 0.2) is 48.5 Å². The van der Waals surface area contributed by atoms with Gasteiger partial charge < -0.3 is 20.7 Å². The number of carbonyl (C=O) groups excluding carboxylic acids is 3. The Labute approximate surface area is 158 Å². The van der Waals surface area contributed by atoms with Crippen LogP contribution in [0.5, 0.6) is 5.75 Å². The highest BCUT2D eigenvalue weighted by Crippen LogP contribution is 2.15. The van der Waals surface area contributed by atoms with Crippen LogP contribution in [0.3, 0.4) is 0 Å². The van der Waals surface area contributed by atoms with Gasteiger partial charge in [-0.2, -0.15) is 0 Å². The van der Waals surface area contributed by atoms with Crippen LogP contribution in [0.4, 0.5) is 5.69 Å². The molecule has 0 saturated carbocycles. The van der Waals surface area contributed by atoms with Crippen molar-refractivity contribution in [2.24, 2.45) is 0 Å². The Morgan fingerprint density at radius 2 is 1.59 bits per heavy atom. The summed E-state index contributed by atoms with van der Waals surface area (Å²) >= 11 is 0. The Bertz CT molecular complexity index is 803. The zero-order valence-electron chi connectivity index (χ0n) is 15.4. The normalized spacial score (nSPS) is 10.0. The lowest BCUT2D eigenvalue weighted by Crippen LogP contribution is -2.34. The molecule has 2 aromatic carbocycles. The molecule has 0 aromatic heterocycles. The summed E-state index contributed by atoms with van der Waals surface area (Å²) in [5.41, 5.74) is 1.52. The lowest BCUT2D eigenvalue weighted by atomic mass is 10.1. The molecule has 0 saturated heterocycles. The number of amides is 3. The first kappa shape index (κ1) is 20.0. The number of anilines is 1. The second-order valence-corrected chi connectivity index (χ2v) is 5.72. The van der Waals surface area contributed by atoms with E-state index in [1.165, 1.54) is 0 Å². The number of rotatable bonds is 8. The van der Waals surface area contributed by atoms with Gasteiger partial charge in [-0.25, -0.2) is 0 Å². The van der Waals surface area contributed by atoms with E-state index in [2.05, 4.69) is 16.0 Å². The monoisotopic (exact) mass is 369 g/mol. The fraction of sp³-hybridized carbons (Fsp3) is 0.250. The summed E-state index contributed by atoms with van der Waals surface area (Å²) in [4.78, 5) is 35.5. The van der Waals surface area contributed by atoms with Gasteiger partial charge in [0, 0.05) is 36.3 Å². The first-order valence-electron chi connectivity index (χ1n) is 8.64. The van der Waals surface area contributed by atoms with Crippen LogP contribution >= 0.6 is 0 Å². The average molecular weight is 369 g/mol. The number of nitrogens with one attached hydrogen (secondary N) is 3. The quantitative estimate of drug-likeness (QED) is 0.622. The van der Waals surface area contributed by atoms with Crippen molar-refractivity contribution in [2.75, 3.05) is 25.5 Å². The van der Waals surface area contributed by atoms with E-state index in [1.807, 2.05) is 0 Å². The van der Waals surface area contributed by atoms with Crippen LogP contribution in [0, 0.1) is 0 Å². The van der Waals surface area contributed by atoms with E-state index in [0.717, 1.165) is 0 Å². The summed E-state index contributed by atoms with van der Waals surface area (Å²) in [6, 6.07) is 13.4. The maximum Gasteiger partial charge on any atom is 0.255 e. The van der Waals surface area contributed by atoms with Gasteiger partial charge in [0.2, 0.25) is 5.91 Å². The minimum atomic E-state index is -0.266. The van der Waals surface area contributed by atoms with Gasteiger partial charge >= 0.3 is 0 Å². The lowest BCUT2D eigenvalue weighted by Gasteiger charge is -2.09. The molecule has 7 heteroatoms. The van der Waals surface area contributed by atoms with Crippen LogP contribution in [0.1, 0.15) is 34.1 Å². The van der Waals surface area contributed by atoms with Gasteiger partial charge in [-0.3, -0.25) is 14.4 Å². The SMILES string of the molecule is CCC(=O)NCCNC(=O)c1ccc(NC(=O)c2cccc(OC)c2)cc1. The van der Waals surface area contributed by atoms with Gasteiger partial charge in [0.15, 0.2) is 0 Å². The molecular formula is C20H23N3O4. The van der Waals surface area contributed by atoms with Crippen molar-refractivity contribution in [1.82, 2.24) is 10.6 Å². The highest BCUT2D eigenvalue weighted by atomic mass is 16.5. The molecule has 0 unspecified atom stereocenters. The molecule has 0 spiro atoms. The van der Waals surface area contributed by atoms with Gasteiger partial charge in [0.1, 0.15) is 5.75 Å². The number of hydrogen-bond acceptors (Lipinski definition) is 4. The van der Waals surface area contributed by atoms with Crippen molar-refractivity contribution >= 4 is 23.4 Å². The van der Waals surface area contributed by atoms with Crippen LogP contribution in [-0.2, 0) is 4.79 Å². The van der Waals surface area contributed by atoms with Crippen molar-refractivity contribution in [1.29, 1.82) is 0 Å². The van der Waals surface area contributed by atoms with E-state index >= 15 is 0 Å². The maximum atomic E-state index is 12.3. The number of benzene rings is 2. The molecular weight excluding hydrogens is 346 g/mol. The molecule has 3 amide bonds.